The van der Waals surface area contributed by atoms with E-state index in [1.165, 1.54) is 4.90 Å². The molecule has 0 bridgehead atoms. The predicted octanol–water partition coefficient (Wildman–Crippen LogP) is 1.53. The normalized spacial score (nSPS) is 13.0. The van der Waals surface area contributed by atoms with E-state index < -0.39 is 6.09 Å². The van der Waals surface area contributed by atoms with Gasteiger partial charge in [0.2, 0.25) is 0 Å². The van der Waals surface area contributed by atoms with Crippen LogP contribution in [-0.4, -0.2) is 34.2 Å². The third-order valence-corrected chi connectivity index (χ3v) is 1.71. The highest BCUT2D eigenvalue weighted by Crippen LogP contribution is 2.16. The fraction of sp³-hybridized carbons (Fsp3) is 0.875. The number of carbonyl (C=O) groups is 1. The van der Waals surface area contributed by atoms with Gasteiger partial charge in [0, 0.05) is 18.1 Å². The van der Waals surface area contributed by atoms with Crippen molar-refractivity contribution in [1.82, 2.24) is 4.90 Å². The summed E-state index contributed by atoms with van der Waals surface area (Å²) < 4.78 is 0. The topological polar surface area (TPSA) is 66.6 Å². The Morgan fingerprint density at radius 3 is 2.00 bits per heavy atom. The first-order chi connectivity index (χ1) is 5.30. The van der Waals surface area contributed by atoms with Crippen LogP contribution in [-0.2, 0) is 0 Å². The fourth-order valence-corrected chi connectivity index (χ4v) is 1.24. The summed E-state index contributed by atoms with van der Waals surface area (Å²) in [5.41, 5.74) is 5.02. The lowest BCUT2D eigenvalue weighted by molar-refractivity contribution is 0.0778. The Hall–Kier alpha value is -0.480. The van der Waals surface area contributed by atoms with Gasteiger partial charge in [-0.05, 0) is 27.7 Å². The van der Waals surface area contributed by atoms with Gasteiger partial charge in [-0.15, -0.1) is 12.4 Å². The van der Waals surface area contributed by atoms with Crippen molar-refractivity contribution in [3.05, 3.63) is 0 Å². The van der Waals surface area contributed by atoms with Gasteiger partial charge in [0.05, 0.1) is 0 Å². The summed E-state index contributed by atoms with van der Waals surface area (Å²) in [5, 5.41) is 8.88. The van der Waals surface area contributed by atoms with Gasteiger partial charge in [0.1, 0.15) is 0 Å². The Bertz CT molecular complexity index is 168. The van der Waals surface area contributed by atoms with Crippen molar-refractivity contribution < 1.29 is 9.90 Å². The van der Waals surface area contributed by atoms with Crippen LogP contribution in [0.4, 0.5) is 4.79 Å². The lowest BCUT2D eigenvalue weighted by Crippen LogP contribution is -2.52. The van der Waals surface area contributed by atoms with Gasteiger partial charge < -0.3 is 10.8 Å². The van der Waals surface area contributed by atoms with Gasteiger partial charge in [-0.3, -0.25) is 4.90 Å². The number of carboxylic acid groups (broad SMARTS) is 1. The molecule has 0 aliphatic rings. The smallest absolute Gasteiger partial charge is 0.408 e. The molecule has 0 aliphatic heterocycles. The maximum absolute atomic E-state index is 10.8. The molecule has 1 atom stereocenters. The first kappa shape index (κ1) is 15.0. The minimum atomic E-state index is -0.916. The number of nitrogens with zero attached hydrogens (tertiary/aromatic N) is 1. The molecule has 80 valence electrons. The molecule has 0 rings (SSSR count). The van der Waals surface area contributed by atoms with Crippen LogP contribution in [0.25, 0.3) is 0 Å². The molecule has 0 aliphatic carbocycles. The van der Waals surface area contributed by atoms with Gasteiger partial charge in [0.15, 0.2) is 0 Å². The Kier molecular flexibility index (Phi) is 6.11. The van der Waals surface area contributed by atoms with E-state index in [4.69, 9.17) is 10.8 Å². The summed E-state index contributed by atoms with van der Waals surface area (Å²) in [6.45, 7) is 7.72. The summed E-state index contributed by atoms with van der Waals surface area (Å²) in [7, 11) is 0. The highest BCUT2D eigenvalue weighted by molar-refractivity contribution is 5.85. The van der Waals surface area contributed by atoms with Crippen molar-refractivity contribution in [3.8, 4) is 0 Å². The Morgan fingerprint density at radius 2 is 1.92 bits per heavy atom. The second-order valence-electron chi connectivity index (χ2n) is 3.91. The zero-order valence-electron chi connectivity index (χ0n) is 8.57. The molecule has 5 heteroatoms. The molecule has 0 heterocycles. The number of halogens is 1. The molecular weight excluding hydrogens is 192 g/mol. The van der Waals surface area contributed by atoms with Crippen LogP contribution in [0.5, 0.6) is 0 Å². The van der Waals surface area contributed by atoms with E-state index in [1.807, 2.05) is 20.8 Å². The third-order valence-electron chi connectivity index (χ3n) is 1.71. The van der Waals surface area contributed by atoms with Crippen molar-refractivity contribution in [1.29, 1.82) is 0 Å². The molecule has 0 saturated carbocycles. The number of rotatable bonds is 2. The first-order valence-electron chi connectivity index (χ1n) is 4.03. The molecule has 3 N–H and O–H groups in total. The molecule has 13 heavy (non-hydrogen) atoms. The highest BCUT2D eigenvalue weighted by atomic mass is 35.5. The van der Waals surface area contributed by atoms with Crippen LogP contribution in [0.3, 0.4) is 0 Å². The average Bonchev–Trinajstić information content (AvgIpc) is 1.83. The first-order valence-corrected chi connectivity index (χ1v) is 4.03. The summed E-state index contributed by atoms with van der Waals surface area (Å²) in [4.78, 5) is 12.2. The van der Waals surface area contributed by atoms with E-state index >= 15 is 0 Å². The molecule has 1 amide bonds. The standard InChI is InChI=1S/C8H18N2O2.ClH/c1-6(5-9)10(7(11)12)8(2,3)4;/h6H,5,9H2,1-4H3,(H,11,12);1H. The van der Waals surface area contributed by atoms with Gasteiger partial charge in [0.25, 0.3) is 0 Å². The van der Waals surface area contributed by atoms with Crippen molar-refractivity contribution >= 4 is 18.5 Å². The molecule has 0 aromatic rings. The Balaban J connectivity index is 0. The zero-order valence-corrected chi connectivity index (χ0v) is 9.39. The SMILES string of the molecule is CC(CN)N(C(=O)O)C(C)(C)C.Cl. The largest absolute Gasteiger partial charge is 0.465 e. The molecule has 0 saturated heterocycles. The molecule has 0 fully saturated rings. The fourth-order valence-electron chi connectivity index (χ4n) is 1.24. The van der Waals surface area contributed by atoms with Gasteiger partial charge in [-0.1, -0.05) is 0 Å². The van der Waals surface area contributed by atoms with E-state index in [0.717, 1.165) is 0 Å². The average molecular weight is 211 g/mol. The quantitative estimate of drug-likeness (QED) is 0.727. The number of hydrogen-bond donors (Lipinski definition) is 2. The predicted molar refractivity (Wildman–Crippen MR) is 55.4 cm³/mol. The Labute approximate surface area is 85.5 Å². The van der Waals surface area contributed by atoms with Crippen LogP contribution in [0.2, 0.25) is 0 Å². The zero-order chi connectivity index (χ0) is 9.94. The van der Waals surface area contributed by atoms with Gasteiger partial charge in [-0.25, -0.2) is 4.79 Å². The second-order valence-corrected chi connectivity index (χ2v) is 3.91. The number of hydrogen-bond acceptors (Lipinski definition) is 2. The Morgan fingerprint density at radius 1 is 1.54 bits per heavy atom. The molecule has 4 nitrogen and oxygen atoms in total. The van der Waals surface area contributed by atoms with E-state index in [1.54, 1.807) is 6.92 Å². The van der Waals surface area contributed by atoms with Gasteiger partial charge >= 0.3 is 6.09 Å². The van der Waals surface area contributed by atoms with Crippen molar-refractivity contribution in [2.75, 3.05) is 6.54 Å². The van der Waals surface area contributed by atoms with E-state index in [-0.39, 0.29) is 24.0 Å². The van der Waals surface area contributed by atoms with Gasteiger partial charge in [-0.2, -0.15) is 0 Å². The molecular formula is C8H19ClN2O2. The summed E-state index contributed by atoms with van der Waals surface area (Å²) in [6.07, 6.45) is -0.916. The van der Waals surface area contributed by atoms with Crippen LogP contribution in [0.1, 0.15) is 27.7 Å². The van der Waals surface area contributed by atoms with E-state index in [9.17, 15) is 4.79 Å². The minimum absolute atomic E-state index is 0. The summed E-state index contributed by atoms with van der Waals surface area (Å²) >= 11 is 0. The van der Waals surface area contributed by atoms with Crippen LogP contribution in [0.15, 0.2) is 0 Å². The maximum Gasteiger partial charge on any atom is 0.408 e. The minimum Gasteiger partial charge on any atom is -0.465 e. The third kappa shape index (κ3) is 4.33. The van der Waals surface area contributed by atoms with Crippen molar-refractivity contribution in [3.63, 3.8) is 0 Å². The molecule has 1 unspecified atom stereocenters. The second kappa shape index (κ2) is 5.29. The molecule has 0 radical (unpaired) electrons. The van der Waals surface area contributed by atoms with E-state index in [0.29, 0.717) is 6.54 Å². The van der Waals surface area contributed by atoms with Crippen molar-refractivity contribution in [2.24, 2.45) is 5.73 Å². The lowest BCUT2D eigenvalue weighted by atomic mass is 10.0. The lowest BCUT2D eigenvalue weighted by Gasteiger charge is -2.37. The van der Waals surface area contributed by atoms with Crippen LogP contribution < -0.4 is 5.73 Å². The maximum atomic E-state index is 10.8. The highest BCUT2D eigenvalue weighted by Gasteiger charge is 2.29. The van der Waals surface area contributed by atoms with Crippen LogP contribution >= 0.6 is 12.4 Å². The summed E-state index contributed by atoms with van der Waals surface area (Å²) in [6, 6.07) is -0.137. The monoisotopic (exact) mass is 210 g/mol. The summed E-state index contributed by atoms with van der Waals surface area (Å²) in [5.74, 6) is 0. The number of nitrogens with two attached hydrogens (primary N) is 1. The van der Waals surface area contributed by atoms with E-state index in [2.05, 4.69) is 0 Å². The van der Waals surface area contributed by atoms with Crippen molar-refractivity contribution in [2.45, 2.75) is 39.3 Å². The molecule has 0 spiro atoms. The van der Waals surface area contributed by atoms with Crippen LogP contribution in [0, 0.1) is 0 Å². The molecule has 0 aromatic heterocycles. The molecule has 0 aromatic carbocycles. The number of amides is 1.